The second-order valence-corrected chi connectivity index (χ2v) is 3.89. The Morgan fingerprint density at radius 1 is 1.22 bits per heavy atom. The molecule has 0 bridgehead atoms. The number of hydrogen-bond donors (Lipinski definition) is 1. The van der Waals surface area contributed by atoms with E-state index in [9.17, 15) is 0 Å². The Morgan fingerprint density at radius 2 is 1.94 bits per heavy atom. The molecule has 1 aromatic heterocycles. The van der Waals surface area contributed by atoms with E-state index in [-0.39, 0.29) is 12.1 Å². The van der Waals surface area contributed by atoms with Gasteiger partial charge in [0.1, 0.15) is 6.10 Å². The summed E-state index contributed by atoms with van der Waals surface area (Å²) in [5, 5.41) is 3.01. The Balaban J connectivity index is 2.07. The molecule has 1 aliphatic heterocycles. The van der Waals surface area contributed by atoms with Crippen molar-refractivity contribution in [1.82, 2.24) is 15.0 Å². The Labute approximate surface area is 106 Å². The highest BCUT2D eigenvalue weighted by molar-refractivity contribution is 5.27. The molecule has 0 saturated carbocycles. The predicted octanol–water partition coefficient (Wildman–Crippen LogP) is 0.870. The Bertz CT molecular complexity index is 383. The van der Waals surface area contributed by atoms with Gasteiger partial charge in [0.25, 0.3) is 0 Å². The number of hydrogen-bond acceptors (Lipinski definition) is 7. The Kier molecular flexibility index (Phi) is 4.52. The first kappa shape index (κ1) is 12.8. The average molecular weight is 254 g/mol. The largest absolute Gasteiger partial charge is 0.467 e. The summed E-state index contributed by atoms with van der Waals surface area (Å²) < 4.78 is 16.0. The number of nitrogens with one attached hydrogen (secondary N) is 1. The highest BCUT2D eigenvalue weighted by atomic mass is 16.5. The van der Waals surface area contributed by atoms with Crippen LogP contribution in [0.15, 0.2) is 0 Å². The van der Waals surface area contributed by atoms with Crippen molar-refractivity contribution in [2.24, 2.45) is 0 Å². The second-order valence-electron chi connectivity index (χ2n) is 3.89. The van der Waals surface area contributed by atoms with Crippen molar-refractivity contribution in [3.8, 4) is 12.0 Å². The minimum atomic E-state index is 0.0975. The normalized spacial score (nSPS) is 16.3. The third kappa shape index (κ3) is 3.43. The zero-order valence-corrected chi connectivity index (χ0v) is 10.7. The maximum Gasteiger partial charge on any atom is 0.324 e. The molecule has 0 spiro atoms. The zero-order valence-electron chi connectivity index (χ0n) is 10.7. The molecule has 1 fully saturated rings. The van der Waals surface area contributed by atoms with E-state index in [1.54, 1.807) is 0 Å². The number of methoxy groups -OCH3 is 1. The average Bonchev–Trinajstić information content (AvgIpc) is 2.40. The van der Waals surface area contributed by atoms with Gasteiger partial charge in [-0.05, 0) is 6.92 Å². The lowest BCUT2D eigenvalue weighted by molar-refractivity contribution is 0.0214. The van der Waals surface area contributed by atoms with E-state index in [2.05, 4.69) is 20.3 Å². The Morgan fingerprint density at radius 3 is 2.61 bits per heavy atom. The molecule has 1 aromatic rings. The van der Waals surface area contributed by atoms with E-state index < -0.39 is 0 Å². The van der Waals surface area contributed by atoms with Gasteiger partial charge in [-0.2, -0.15) is 9.97 Å². The molecule has 2 rings (SSSR count). The molecule has 0 aromatic carbocycles. The third-order valence-electron chi connectivity index (χ3n) is 2.55. The predicted molar refractivity (Wildman–Crippen MR) is 65.0 cm³/mol. The minimum Gasteiger partial charge on any atom is -0.467 e. The van der Waals surface area contributed by atoms with E-state index in [4.69, 9.17) is 14.2 Å². The summed E-state index contributed by atoms with van der Waals surface area (Å²) in [6.07, 6.45) is 1.80. The van der Waals surface area contributed by atoms with Crippen LogP contribution in [0.25, 0.3) is 0 Å². The minimum absolute atomic E-state index is 0.0975. The molecule has 18 heavy (non-hydrogen) atoms. The summed E-state index contributed by atoms with van der Waals surface area (Å²) in [6.45, 7) is 4.12. The first-order valence-corrected chi connectivity index (χ1v) is 6.10. The van der Waals surface area contributed by atoms with E-state index in [1.165, 1.54) is 7.11 Å². The molecule has 1 N–H and O–H groups in total. The fourth-order valence-corrected chi connectivity index (χ4v) is 1.66. The molecule has 0 radical (unpaired) electrons. The van der Waals surface area contributed by atoms with Crippen molar-refractivity contribution < 1.29 is 14.2 Å². The summed E-state index contributed by atoms with van der Waals surface area (Å²) >= 11 is 0. The smallest absolute Gasteiger partial charge is 0.324 e. The van der Waals surface area contributed by atoms with Crippen LogP contribution in [0.5, 0.6) is 12.0 Å². The second kappa shape index (κ2) is 6.34. The molecule has 0 atom stereocenters. The summed E-state index contributed by atoms with van der Waals surface area (Å²) in [6, 6.07) is 0.549. The molecule has 2 heterocycles. The quantitative estimate of drug-likeness (QED) is 0.835. The van der Waals surface area contributed by atoms with Crippen molar-refractivity contribution in [2.45, 2.75) is 25.9 Å². The van der Waals surface area contributed by atoms with Crippen LogP contribution in [0.2, 0.25) is 0 Å². The van der Waals surface area contributed by atoms with Crippen LogP contribution in [-0.4, -0.2) is 47.9 Å². The molecular formula is C11H18N4O3. The van der Waals surface area contributed by atoms with Crippen LogP contribution >= 0.6 is 0 Å². The molecule has 100 valence electrons. The topological polar surface area (TPSA) is 78.4 Å². The molecular weight excluding hydrogens is 236 g/mol. The first-order chi connectivity index (χ1) is 8.81. The summed E-state index contributed by atoms with van der Waals surface area (Å²) in [7, 11) is 1.52. The molecule has 0 aliphatic carbocycles. The first-order valence-electron chi connectivity index (χ1n) is 6.10. The fourth-order valence-electron chi connectivity index (χ4n) is 1.66. The van der Waals surface area contributed by atoms with Gasteiger partial charge in [0, 0.05) is 19.4 Å². The van der Waals surface area contributed by atoms with E-state index in [0.717, 1.165) is 19.4 Å². The molecule has 7 heteroatoms. The van der Waals surface area contributed by atoms with Gasteiger partial charge in [0.05, 0.1) is 20.3 Å². The van der Waals surface area contributed by atoms with Gasteiger partial charge >= 0.3 is 12.0 Å². The highest BCUT2D eigenvalue weighted by Crippen LogP contribution is 2.17. The number of anilines is 1. The fraction of sp³-hybridized carbons (Fsp3) is 0.727. The van der Waals surface area contributed by atoms with Gasteiger partial charge in [0.15, 0.2) is 0 Å². The lowest BCUT2D eigenvalue weighted by Crippen LogP contribution is -2.26. The van der Waals surface area contributed by atoms with Gasteiger partial charge < -0.3 is 19.5 Å². The van der Waals surface area contributed by atoms with Crippen molar-refractivity contribution in [2.75, 3.05) is 32.2 Å². The zero-order chi connectivity index (χ0) is 12.8. The molecule has 1 saturated heterocycles. The van der Waals surface area contributed by atoms with Crippen LogP contribution in [-0.2, 0) is 4.74 Å². The number of rotatable bonds is 5. The van der Waals surface area contributed by atoms with E-state index >= 15 is 0 Å². The van der Waals surface area contributed by atoms with Crippen LogP contribution in [0.4, 0.5) is 5.95 Å². The van der Waals surface area contributed by atoms with E-state index in [1.807, 2.05) is 6.92 Å². The highest BCUT2D eigenvalue weighted by Gasteiger charge is 2.17. The monoisotopic (exact) mass is 254 g/mol. The van der Waals surface area contributed by atoms with Gasteiger partial charge in [-0.1, -0.05) is 0 Å². The summed E-state index contributed by atoms with van der Waals surface area (Å²) in [5.74, 6) is 0.464. The number of ether oxygens (including phenoxy) is 3. The van der Waals surface area contributed by atoms with Crippen LogP contribution in [0.3, 0.4) is 0 Å². The Hall–Kier alpha value is -1.63. The van der Waals surface area contributed by atoms with Crippen molar-refractivity contribution in [1.29, 1.82) is 0 Å². The lowest BCUT2D eigenvalue weighted by atomic mass is 10.2. The molecule has 0 amide bonds. The molecule has 0 unspecified atom stereocenters. The summed E-state index contributed by atoms with van der Waals surface area (Å²) in [4.78, 5) is 12.3. The third-order valence-corrected chi connectivity index (χ3v) is 2.55. The van der Waals surface area contributed by atoms with Crippen molar-refractivity contribution >= 4 is 5.95 Å². The van der Waals surface area contributed by atoms with Gasteiger partial charge in [-0.3, -0.25) is 0 Å². The van der Waals surface area contributed by atoms with Crippen molar-refractivity contribution in [3.63, 3.8) is 0 Å². The van der Waals surface area contributed by atoms with Crippen LogP contribution in [0.1, 0.15) is 19.8 Å². The van der Waals surface area contributed by atoms with Crippen LogP contribution < -0.4 is 14.8 Å². The van der Waals surface area contributed by atoms with Crippen molar-refractivity contribution in [3.05, 3.63) is 0 Å². The maximum absolute atomic E-state index is 5.72. The summed E-state index contributed by atoms with van der Waals surface area (Å²) in [5.41, 5.74) is 0. The van der Waals surface area contributed by atoms with Gasteiger partial charge in [-0.15, -0.1) is 4.98 Å². The molecule has 7 nitrogen and oxygen atoms in total. The SMILES string of the molecule is CCNc1nc(OC)nc(OC2CCOCC2)n1. The van der Waals surface area contributed by atoms with Crippen LogP contribution in [0, 0.1) is 0 Å². The molecule has 1 aliphatic rings. The number of aromatic nitrogens is 3. The lowest BCUT2D eigenvalue weighted by Gasteiger charge is -2.22. The number of nitrogens with zero attached hydrogens (tertiary/aromatic N) is 3. The standard InChI is InChI=1S/C11H18N4O3/c1-3-12-9-13-10(16-2)15-11(14-9)18-8-4-6-17-7-5-8/h8H,3-7H2,1-2H3,(H,12,13,14,15). The van der Waals surface area contributed by atoms with E-state index in [0.29, 0.717) is 25.2 Å². The van der Waals surface area contributed by atoms with Gasteiger partial charge in [-0.25, -0.2) is 0 Å². The maximum atomic E-state index is 5.72. The van der Waals surface area contributed by atoms with Gasteiger partial charge in [0.2, 0.25) is 5.95 Å².